The van der Waals surface area contributed by atoms with E-state index >= 15 is 0 Å². The van der Waals surface area contributed by atoms with Crippen LogP contribution in [0.1, 0.15) is 33.1 Å². The van der Waals surface area contributed by atoms with Crippen LogP contribution in [-0.2, 0) is 11.3 Å². The van der Waals surface area contributed by atoms with Crippen LogP contribution in [-0.4, -0.2) is 10.5 Å². The average Bonchev–Trinajstić information content (AvgIpc) is 2.72. The Morgan fingerprint density at radius 2 is 2.21 bits per heavy atom. The number of carbonyl (C=O) groups is 1. The van der Waals surface area contributed by atoms with Gasteiger partial charge < -0.3 is 4.57 Å². The van der Waals surface area contributed by atoms with E-state index in [1.807, 2.05) is 18.2 Å². The molecule has 0 saturated heterocycles. The summed E-state index contributed by atoms with van der Waals surface area (Å²) in [5.74, 6) is -0.0401. The fourth-order valence-corrected chi connectivity index (χ4v) is 3.32. The van der Waals surface area contributed by atoms with Crippen LogP contribution >= 0.6 is 22.9 Å². The molecule has 0 atom stereocenters. The first kappa shape index (κ1) is 14.3. The SMILES string of the molecule is CCCCC(=O)N=c1sc2cc(Cl)ccc2n1CC. The summed E-state index contributed by atoms with van der Waals surface area (Å²) in [5, 5.41) is 0.709. The van der Waals surface area contributed by atoms with E-state index in [0.29, 0.717) is 11.4 Å². The number of hydrogen-bond acceptors (Lipinski definition) is 2. The maximum atomic E-state index is 11.8. The fourth-order valence-electron chi connectivity index (χ4n) is 1.93. The molecule has 2 rings (SSSR count). The molecule has 2 aromatic rings. The van der Waals surface area contributed by atoms with Gasteiger partial charge in [-0.25, -0.2) is 0 Å². The molecule has 0 spiro atoms. The Morgan fingerprint density at radius 1 is 1.42 bits per heavy atom. The van der Waals surface area contributed by atoms with E-state index in [2.05, 4.69) is 23.4 Å². The minimum absolute atomic E-state index is 0.0401. The van der Waals surface area contributed by atoms with Crippen molar-refractivity contribution in [2.24, 2.45) is 4.99 Å². The van der Waals surface area contributed by atoms with Gasteiger partial charge in [0.1, 0.15) is 0 Å². The van der Waals surface area contributed by atoms with Gasteiger partial charge in [0.15, 0.2) is 4.80 Å². The molecule has 0 saturated carbocycles. The molecule has 1 heterocycles. The van der Waals surface area contributed by atoms with Crippen LogP contribution in [0.25, 0.3) is 10.2 Å². The Hall–Kier alpha value is -1.13. The van der Waals surface area contributed by atoms with Gasteiger partial charge in [0.2, 0.25) is 5.91 Å². The van der Waals surface area contributed by atoms with Gasteiger partial charge in [-0.3, -0.25) is 4.79 Å². The van der Waals surface area contributed by atoms with Crippen molar-refractivity contribution in [1.82, 2.24) is 4.57 Å². The minimum Gasteiger partial charge on any atom is -0.317 e. The molecule has 1 aromatic heterocycles. The Labute approximate surface area is 121 Å². The van der Waals surface area contributed by atoms with Gasteiger partial charge in [-0.1, -0.05) is 36.3 Å². The lowest BCUT2D eigenvalue weighted by Crippen LogP contribution is -2.15. The summed E-state index contributed by atoms with van der Waals surface area (Å²) in [4.78, 5) is 16.8. The molecule has 0 aliphatic heterocycles. The Bertz CT molecular complexity index is 657. The second-order valence-corrected chi connectivity index (χ2v) is 5.80. The number of carbonyl (C=O) groups excluding carboxylic acids is 1. The molecule has 0 N–H and O–H groups in total. The minimum atomic E-state index is -0.0401. The predicted octanol–water partition coefficient (Wildman–Crippen LogP) is 3.99. The zero-order valence-electron chi connectivity index (χ0n) is 11.1. The molecule has 102 valence electrons. The van der Waals surface area contributed by atoms with Crippen LogP contribution in [0.15, 0.2) is 23.2 Å². The molecule has 0 aliphatic carbocycles. The van der Waals surface area contributed by atoms with E-state index in [1.165, 1.54) is 11.3 Å². The number of rotatable bonds is 4. The maximum Gasteiger partial charge on any atom is 0.248 e. The van der Waals surface area contributed by atoms with Crippen LogP contribution in [0.2, 0.25) is 5.02 Å². The zero-order valence-corrected chi connectivity index (χ0v) is 12.7. The highest BCUT2D eigenvalue weighted by molar-refractivity contribution is 7.16. The summed E-state index contributed by atoms with van der Waals surface area (Å²) >= 11 is 7.51. The normalized spacial score (nSPS) is 12.3. The summed E-state index contributed by atoms with van der Waals surface area (Å²) in [7, 11) is 0. The van der Waals surface area contributed by atoms with Crippen molar-refractivity contribution < 1.29 is 4.79 Å². The molecule has 0 bridgehead atoms. The Kier molecular flexibility index (Phi) is 4.77. The first-order chi connectivity index (χ1) is 9.15. The number of thiazole rings is 1. The van der Waals surface area contributed by atoms with Crippen LogP contribution in [0, 0.1) is 0 Å². The summed E-state index contributed by atoms with van der Waals surface area (Å²) in [6.45, 7) is 4.92. The summed E-state index contributed by atoms with van der Waals surface area (Å²) < 4.78 is 3.12. The second-order valence-electron chi connectivity index (χ2n) is 4.35. The molecule has 0 aliphatic rings. The number of unbranched alkanes of at least 4 members (excludes halogenated alkanes) is 1. The average molecular weight is 297 g/mol. The smallest absolute Gasteiger partial charge is 0.248 e. The van der Waals surface area contributed by atoms with Crippen molar-refractivity contribution in [2.45, 2.75) is 39.7 Å². The number of benzene rings is 1. The first-order valence-corrected chi connectivity index (χ1v) is 7.71. The maximum absolute atomic E-state index is 11.8. The van der Waals surface area contributed by atoms with E-state index < -0.39 is 0 Å². The van der Waals surface area contributed by atoms with E-state index in [1.54, 1.807) is 0 Å². The van der Waals surface area contributed by atoms with Gasteiger partial charge in [0.25, 0.3) is 0 Å². The lowest BCUT2D eigenvalue weighted by Gasteiger charge is -1.99. The van der Waals surface area contributed by atoms with Crippen molar-refractivity contribution in [1.29, 1.82) is 0 Å². The lowest BCUT2D eigenvalue weighted by molar-refractivity contribution is -0.118. The van der Waals surface area contributed by atoms with Crippen LogP contribution in [0.4, 0.5) is 0 Å². The number of nitrogens with zero attached hydrogens (tertiary/aromatic N) is 2. The summed E-state index contributed by atoms with van der Waals surface area (Å²) in [6.07, 6.45) is 2.43. The van der Waals surface area contributed by atoms with Crippen molar-refractivity contribution >= 4 is 39.1 Å². The number of aromatic nitrogens is 1. The highest BCUT2D eigenvalue weighted by Gasteiger charge is 2.07. The molecule has 0 radical (unpaired) electrons. The van der Waals surface area contributed by atoms with E-state index in [-0.39, 0.29) is 5.91 Å². The molecular weight excluding hydrogens is 280 g/mol. The van der Waals surface area contributed by atoms with Crippen molar-refractivity contribution in [3.05, 3.63) is 28.0 Å². The molecule has 0 fully saturated rings. The largest absolute Gasteiger partial charge is 0.317 e. The third-order valence-electron chi connectivity index (χ3n) is 2.93. The number of halogens is 1. The summed E-state index contributed by atoms with van der Waals surface area (Å²) in [6, 6.07) is 5.77. The predicted molar refractivity (Wildman–Crippen MR) is 80.6 cm³/mol. The number of hydrogen-bond donors (Lipinski definition) is 0. The topological polar surface area (TPSA) is 34.4 Å². The number of aryl methyl sites for hydroxylation is 1. The third-order valence-corrected chi connectivity index (χ3v) is 4.20. The van der Waals surface area contributed by atoms with Gasteiger partial charge in [-0.2, -0.15) is 4.99 Å². The van der Waals surface area contributed by atoms with Gasteiger partial charge in [-0.15, -0.1) is 0 Å². The molecule has 3 nitrogen and oxygen atoms in total. The van der Waals surface area contributed by atoms with Gasteiger partial charge in [-0.05, 0) is 31.5 Å². The monoisotopic (exact) mass is 296 g/mol. The lowest BCUT2D eigenvalue weighted by atomic mass is 10.2. The molecule has 5 heteroatoms. The molecule has 19 heavy (non-hydrogen) atoms. The van der Waals surface area contributed by atoms with Crippen LogP contribution in [0.3, 0.4) is 0 Å². The van der Waals surface area contributed by atoms with Gasteiger partial charge >= 0.3 is 0 Å². The molecular formula is C14H17ClN2OS. The number of amides is 1. The van der Waals surface area contributed by atoms with Gasteiger partial charge in [0.05, 0.1) is 10.2 Å². The standard InChI is InChI=1S/C14H17ClN2OS/c1-3-5-6-13(18)16-14-17(4-2)11-8-7-10(15)9-12(11)19-14/h7-9H,3-6H2,1-2H3. The van der Waals surface area contributed by atoms with Crippen LogP contribution < -0.4 is 4.80 Å². The van der Waals surface area contributed by atoms with E-state index in [9.17, 15) is 4.79 Å². The fraction of sp³-hybridized carbons (Fsp3) is 0.429. The zero-order chi connectivity index (χ0) is 13.8. The molecule has 1 amide bonds. The van der Waals surface area contributed by atoms with Crippen molar-refractivity contribution in [3.63, 3.8) is 0 Å². The van der Waals surface area contributed by atoms with Crippen LogP contribution in [0.5, 0.6) is 0 Å². The number of fused-ring (bicyclic) bond motifs is 1. The summed E-state index contributed by atoms with van der Waals surface area (Å²) in [5.41, 5.74) is 1.08. The van der Waals surface area contributed by atoms with Gasteiger partial charge in [0, 0.05) is 18.0 Å². The second kappa shape index (κ2) is 6.35. The third kappa shape index (κ3) is 3.25. The Morgan fingerprint density at radius 3 is 2.89 bits per heavy atom. The van der Waals surface area contributed by atoms with Crippen molar-refractivity contribution in [2.75, 3.05) is 0 Å². The Balaban J connectivity index is 2.47. The molecule has 0 unspecified atom stereocenters. The highest BCUT2D eigenvalue weighted by atomic mass is 35.5. The van der Waals surface area contributed by atoms with E-state index in [4.69, 9.17) is 11.6 Å². The van der Waals surface area contributed by atoms with E-state index in [0.717, 1.165) is 34.4 Å². The highest BCUT2D eigenvalue weighted by Crippen LogP contribution is 2.21. The first-order valence-electron chi connectivity index (χ1n) is 6.52. The quantitative estimate of drug-likeness (QED) is 0.840. The van der Waals surface area contributed by atoms with Crippen molar-refractivity contribution in [3.8, 4) is 0 Å². The molecule has 1 aromatic carbocycles.